The normalized spacial score (nSPS) is 27.1. The molecule has 6 heteroatoms. The van der Waals surface area contributed by atoms with Crippen molar-refractivity contribution < 1.29 is 13.2 Å². The first kappa shape index (κ1) is 11.9. The highest BCUT2D eigenvalue weighted by Gasteiger charge is 2.39. The van der Waals surface area contributed by atoms with Crippen molar-refractivity contribution in [1.82, 2.24) is 5.32 Å². The Labute approximate surface area is 86.0 Å². The number of hydrogen-bond donors (Lipinski definition) is 3. The summed E-state index contributed by atoms with van der Waals surface area (Å²) in [4.78, 5) is 0. The van der Waals surface area contributed by atoms with Crippen LogP contribution in [0.15, 0.2) is 23.5 Å². The Bertz CT molecular complexity index is 317. The van der Waals surface area contributed by atoms with Crippen LogP contribution in [-0.2, 0) is 0 Å². The van der Waals surface area contributed by atoms with Crippen LogP contribution in [0.5, 0.6) is 0 Å². The molecule has 0 saturated carbocycles. The lowest BCUT2D eigenvalue weighted by molar-refractivity contribution is -0.0892. The Morgan fingerprint density at radius 3 is 2.27 bits per heavy atom. The van der Waals surface area contributed by atoms with Gasteiger partial charge in [0.25, 0.3) is 0 Å². The first-order valence-electron chi connectivity index (χ1n) is 4.49. The molecule has 15 heavy (non-hydrogen) atoms. The maximum Gasteiger partial charge on any atom is 0.417 e. The van der Waals surface area contributed by atoms with E-state index in [-0.39, 0.29) is 11.6 Å². The number of halogens is 3. The molecule has 0 saturated heterocycles. The number of dihydropyridines is 1. The summed E-state index contributed by atoms with van der Waals surface area (Å²) >= 11 is 0. The highest BCUT2D eigenvalue weighted by molar-refractivity contribution is 5.36. The molecule has 0 aliphatic carbocycles. The standard InChI is InChI=1S/C9H14F3N3/c1-5(2)8(14)7(13)3-6(4-15-8)9(10,11)12/h3-5,15H,13-14H2,1-2H3. The lowest BCUT2D eigenvalue weighted by atomic mass is 9.90. The monoisotopic (exact) mass is 221 g/mol. The lowest BCUT2D eigenvalue weighted by Gasteiger charge is -2.37. The summed E-state index contributed by atoms with van der Waals surface area (Å²) in [5.74, 6) is -0.111. The third kappa shape index (κ3) is 2.09. The summed E-state index contributed by atoms with van der Waals surface area (Å²) in [5.41, 5.74) is 9.44. The Morgan fingerprint density at radius 2 is 1.93 bits per heavy atom. The van der Waals surface area contributed by atoms with E-state index in [0.29, 0.717) is 0 Å². The van der Waals surface area contributed by atoms with Crippen LogP contribution < -0.4 is 16.8 Å². The lowest BCUT2D eigenvalue weighted by Crippen LogP contribution is -2.60. The van der Waals surface area contributed by atoms with Gasteiger partial charge in [-0.15, -0.1) is 0 Å². The highest BCUT2D eigenvalue weighted by atomic mass is 19.4. The fourth-order valence-electron chi connectivity index (χ4n) is 1.27. The molecule has 0 aromatic rings. The van der Waals surface area contributed by atoms with Crippen molar-refractivity contribution in [2.24, 2.45) is 17.4 Å². The van der Waals surface area contributed by atoms with E-state index in [1.54, 1.807) is 13.8 Å². The summed E-state index contributed by atoms with van der Waals surface area (Å²) in [6.07, 6.45) is -2.68. The average Bonchev–Trinajstić information content (AvgIpc) is 2.07. The van der Waals surface area contributed by atoms with Crippen molar-refractivity contribution in [1.29, 1.82) is 0 Å². The zero-order valence-electron chi connectivity index (χ0n) is 8.52. The van der Waals surface area contributed by atoms with Gasteiger partial charge in [0.15, 0.2) is 0 Å². The SMILES string of the molecule is CC(C)C1(N)NC=C(C(F)(F)F)C=C1N. The number of hydrogen-bond acceptors (Lipinski definition) is 3. The van der Waals surface area contributed by atoms with Crippen LogP contribution in [0, 0.1) is 5.92 Å². The molecule has 1 atom stereocenters. The van der Waals surface area contributed by atoms with Gasteiger partial charge in [0, 0.05) is 11.9 Å². The van der Waals surface area contributed by atoms with Crippen molar-refractivity contribution in [2.45, 2.75) is 25.7 Å². The smallest absolute Gasteiger partial charge is 0.399 e. The van der Waals surface area contributed by atoms with E-state index in [2.05, 4.69) is 5.32 Å². The molecule has 0 aromatic carbocycles. The van der Waals surface area contributed by atoms with E-state index >= 15 is 0 Å². The Kier molecular flexibility index (Phi) is 2.73. The van der Waals surface area contributed by atoms with E-state index in [1.807, 2.05) is 0 Å². The van der Waals surface area contributed by atoms with Crippen LogP contribution in [0.2, 0.25) is 0 Å². The molecule has 86 valence electrons. The maximum atomic E-state index is 12.3. The second-order valence-electron chi connectivity index (χ2n) is 3.87. The van der Waals surface area contributed by atoms with Gasteiger partial charge < -0.3 is 16.8 Å². The van der Waals surface area contributed by atoms with Gasteiger partial charge in [-0.1, -0.05) is 13.8 Å². The second-order valence-corrected chi connectivity index (χ2v) is 3.87. The van der Waals surface area contributed by atoms with Crippen LogP contribution >= 0.6 is 0 Å². The van der Waals surface area contributed by atoms with Crippen LogP contribution in [0.1, 0.15) is 13.8 Å². The number of rotatable bonds is 1. The van der Waals surface area contributed by atoms with Gasteiger partial charge in [-0.3, -0.25) is 0 Å². The van der Waals surface area contributed by atoms with E-state index in [1.165, 1.54) is 0 Å². The zero-order chi connectivity index (χ0) is 11.9. The summed E-state index contributed by atoms with van der Waals surface area (Å²) in [6, 6.07) is 0. The summed E-state index contributed by atoms with van der Waals surface area (Å²) < 4.78 is 37.0. The van der Waals surface area contributed by atoms with Gasteiger partial charge in [0.05, 0.1) is 5.57 Å². The minimum atomic E-state index is -4.41. The topological polar surface area (TPSA) is 64.1 Å². The minimum absolute atomic E-state index is 0.00711. The van der Waals surface area contributed by atoms with Gasteiger partial charge in [-0.2, -0.15) is 13.2 Å². The van der Waals surface area contributed by atoms with Gasteiger partial charge >= 0.3 is 6.18 Å². The molecule has 3 nitrogen and oxygen atoms in total. The van der Waals surface area contributed by atoms with Crippen molar-refractivity contribution in [3.63, 3.8) is 0 Å². The third-order valence-electron chi connectivity index (χ3n) is 2.49. The molecule has 0 amide bonds. The molecule has 0 aromatic heterocycles. The fraction of sp³-hybridized carbons (Fsp3) is 0.556. The van der Waals surface area contributed by atoms with Gasteiger partial charge in [0.1, 0.15) is 5.66 Å². The third-order valence-corrected chi connectivity index (χ3v) is 2.49. The summed E-state index contributed by atoms with van der Waals surface area (Å²) in [6.45, 7) is 3.56. The highest BCUT2D eigenvalue weighted by Crippen LogP contribution is 2.31. The van der Waals surface area contributed by atoms with Crippen molar-refractivity contribution >= 4 is 0 Å². The molecule has 1 rings (SSSR count). The zero-order valence-corrected chi connectivity index (χ0v) is 8.52. The molecule has 5 N–H and O–H groups in total. The molecule has 0 fully saturated rings. The largest absolute Gasteiger partial charge is 0.417 e. The van der Waals surface area contributed by atoms with Crippen molar-refractivity contribution in [3.05, 3.63) is 23.5 Å². The first-order valence-corrected chi connectivity index (χ1v) is 4.49. The van der Waals surface area contributed by atoms with Crippen LogP contribution in [0.3, 0.4) is 0 Å². The van der Waals surface area contributed by atoms with Crippen LogP contribution in [-0.4, -0.2) is 11.8 Å². The Morgan fingerprint density at radius 1 is 1.40 bits per heavy atom. The molecule has 1 aliphatic rings. The van der Waals surface area contributed by atoms with E-state index in [9.17, 15) is 13.2 Å². The van der Waals surface area contributed by atoms with E-state index < -0.39 is 17.4 Å². The molecule has 1 unspecified atom stereocenters. The second kappa shape index (κ2) is 3.44. The molecule has 0 radical (unpaired) electrons. The number of alkyl halides is 3. The Balaban J connectivity index is 3.00. The maximum absolute atomic E-state index is 12.3. The van der Waals surface area contributed by atoms with Crippen molar-refractivity contribution in [3.8, 4) is 0 Å². The molecule has 1 aliphatic heterocycles. The minimum Gasteiger partial charge on any atom is -0.399 e. The Hall–Kier alpha value is -1.17. The van der Waals surface area contributed by atoms with Crippen molar-refractivity contribution in [2.75, 3.05) is 0 Å². The summed E-state index contributed by atoms with van der Waals surface area (Å²) in [5, 5.41) is 2.50. The predicted octanol–water partition coefficient (Wildman–Crippen LogP) is 1.19. The number of allylic oxidation sites excluding steroid dienone is 2. The van der Waals surface area contributed by atoms with E-state index in [4.69, 9.17) is 11.5 Å². The van der Waals surface area contributed by atoms with Gasteiger partial charge in [0.2, 0.25) is 0 Å². The molecule has 1 heterocycles. The predicted molar refractivity (Wildman–Crippen MR) is 51.3 cm³/mol. The van der Waals surface area contributed by atoms with Gasteiger partial charge in [-0.05, 0) is 12.0 Å². The molecule has 0 spiro atoms. The number of nitrogens with one attached hydrogen (secondary N) is 1. The fourth-order valence-corrected chi connectivity index (χ4v) is 1.27. The summed E-state index contributed by atoms with van der Waals surface area (Å²) in [7, 11) is 0. The number of nitrogens with two attached hydrogens (primary N) is 2. The van der Waals surface area contributed by atoms with Crippen LogP contribution in [0.4, 0.5) is 13.2 Å². The van der Waals surface area contributed by atoms with Crippen LogP contribution in [0.25, 0.3) is 0 Å². The first-order chi connectivity index (χ1) is 6.68. The molecular weight excluding hydrogens is 207 g/mol. The molecular formula is C9H14F3N3. The molecule has 0 bridgehead atoms. The van der Waals surface area contributed by atoms with Gasteiger partial charge in [-0.25, -0.2) is 0 Å². The van der Waals surface area contributed by atoms with E-state index in [0.717, 1.165) is 12.3 Å². The average molecular weight is 221 g/mol. The quantitative estimate of drug-likeness (QED) is 0.623.